The first-order valence-corrected chi connectivity index (χ1v) is 6.91. The molecule has 0 aromatic carbocycles. The molecule has 1 saturated heterocycles. The van der Waals surface area contributed by atoms with E-state index < -0.39 is 16.0 Å². The topological polar surface area (TPSA) is 101 Å². The van der Waals surface area contributed by atoms with Crippen molar-refractivity contribution in [1.82, 2.24) is 9.46 Å². The van der Waals surface area contributed by atoms with Crippen molar-refractivity contribution in [2.45, 2.75) is 25.2 Å². The maximum Gasteiger partial charge on any atom is 0.303 e. The monoisotopic (exact) mass is 274 g/mol. The van der Waals surface area contributed by atoms with Gasteiger partial charge in [0.25, 0.3) is 0 Å². The Morgan fingerprint density at radius 1 is 1.50 bits per heavy atom. The molecule has 2 rings (SSSR count). The van der Waals surface area contributed by atoms with Gasteiger partial charge in [0.15, 0.2) is 5.76 Å². The van der Waals surface area contributed by atoms with Gasteiger partial charge in [-0.2, -0.15) is 4.31 Å². The van der Waals surface area contributed by atoms with Gasteiger partial charge in [0.2, 0.25) is 10.0 Å². The second kappa shape index (κ2) is 4.36. The maximum atomic E-state index is 12.2. The quantitative estimate of drug-likeness (QED) is 0.852. The van der Waals surface area contributed by atoms with E-state index in [2.05, 4.69) is 5.16 Å². The predicted octanol–water partition coefficient (Wildman–Crippen LogP) is 0.387. The third-order valence-electron chi connectivity index (χ3n) is 2.95. The lowest BCUT2D eigenvalue weighted by Gasteiger charge is -2.37. The van der Waals surface area contributed by atoms with Crippen molar-refractivity contribution >= 4 is 16.0 Å². The highest BCUT2D eigenvalue weighted by Crippen LogP contribution is 2.30. The Kier molecular flexibility index (Phi) is 3.16. The molecule has 0 atom stereocenters. The molecule has 0 amide bonds. The molecule has 18 heavy (non-hydrogen) atoms. The van der Waals surface area contributed by atoms with Crippen molar-refractivity contribution < 1.29 is 22.8 Å². The van der Waals surface area contributed by atoms with Crippen molar-refractivity contribution in [3.05, 3.63) is 11.5 Å². The predicted molar refractivity (Wildman–Crippen MR) is 60.5 cm³/mol. The molecule has 0 aliphatic carbocycles. The Bertz CT molecular complexity index is 552. The van der Waals surface area contributed by atoms with Crippen LogP contribution in [0.15, 0.2) is 9.42 Å². The van der Waals surface area contributed by atoms with Crippen LogP contribution in [0.1, 0.15) is 17.9 Å². The van der Waals surface area contributed by atoms with Gasteiger partial charge >= 0.3 is 5.97 Å². The fourth-order valence-electron chi connectivity index (χ4n) is 2.07. The van der Waals surface area contributed by atoms with E-state index >= 15 is 0 Å². The Balaban J connectivity index is 2.14. The van der Waals surface area contributed by atoms with Crippen molar-refractivity contribution in [2.24, 2.45) is 5.92 Å². The molecule has 1 aromatic rings. The first-order valence-electron chi connectivity index (χ1n) is 5.47. The smallest absolute Gasteiger partial charge is 0.303 e. The summed E-state index contributed by atoms with van der Waals surface area (Å²) in [4.78, 5) is 10.6. The molecular weight excluding hydrogens is 260 g/mol. The second-order valence-corrected chi connectivity index (χ2v) is 6.31. The molecule has 0 saturated carbocycles. The molecule has 7 nitrogen and oxygen atoms in total. The molecule has 0 bridgehead atoms. The Morgan fingerprint density at radius 3 is 2.56 bits per heavy atom. The number of aliphatic carboxylic acids is 1. The van der Waals surface area contributed by atoms with Crippen LogP contribution in [0.3, 0.4) is 0 Å². The van der Waals surface area contributed by atoms with Crippen molar-refractivity contribution in [2.75, 3.05) is 13.1 Å². The van der Waals surface area contributed by atoms with Crippen LogP contribution in [-0.2, 0) is 14.8 Å². The van der Waals surface area contributed by atoms with Crippen LogP contribution in [-0.4, -0.2) is 42.0 Å². The minimum absolute atomic E-state index is 0.00633. The SMILES string of the molecule is Cc1noc(C)c1S(=O)(=O)N1CC(CC(=O)O)C1. The molecule has 1 fully saturated rings. The van der Waals surface area contributed by atoms with Gasteiger partial charge in [-0.15, -0.1) is 0 Å². The van der Waals surface area contributed by atoms with Crippen LogP contribution >= 0.6 is 0 Å². The number of nitrogens with zero attached hydrogens (tertiary/aromatic N) is 2. The van der Waals surface area contributed by atoms with Gasteiger partial charge in [0, 0.05) is 13.1 Å². The summed E-state index contributed by atoms with van der Waals surface area (Å²) < 4.78 is 30.6. The first kappa shape index (κ1) is 13.0. The molecular formula is C10H14N2O5S. The molecule has 1 aliphatic heterocycles. The van der Waals surface area contributed by atoms with Crippen molar-refractivity contribution in [3.8, 4) is 0 Å². The van der Waals surface area contributed by atoms with Crippen molar-refractivity contribution in [1.29, 1.82) is 0 Å². The fraction of sp³-hybridized carbons (Fsp3) is 0.600. The molecule has 0 unspecified atom stereocenters. The summed E-state index contributed by atoms with van der Waals surface area (Å²) in [6.45, 7) is 3.58. The number of hydrogen-bond donors (Lipinski definition) is 1. The van der Waals surface area contributed by atoms with Crippen molar-refractivity contribution in [3.63, 3.8) is 0 Å². The van der Waals surface area contributed by atoms with Gasteiger partial charge in [-0.1, -0.05) is 5.16 Å². The van der Waals surface area contributed by atoms with Crippen LogP contribution in [0.4, 0.5) is 0 Å². The zero-order valence-corrected chi connectivity index (χ0v) is 10.9. The number of carboxylic acids is 1. The van der Waals surface area contributed by atoms with E-state index in [9.17, 15) is 13.2 Å². The van der Waals surface area contributed by atoms with E-state index in [-0.39, 0.29) is 36.1 Å². The summed E-state index contributed by atoms with van der Waals surface area (Å²) in [5.74, 6) is -0.763. The summed E-state index contributed by atoms with van der Waals surface area (Å²) in [6.07, 6.45) is -0.00633. The van der Waals surface area contributed by atoms with Gasteiger partial charge in [0.05, 0.1) is 6.42 Å². The maximum absolute atomic E-state index is 12.2. The Hall–Kier alpha value is -1.41. The highest BCUT2D eigenvalue weighted by molar-refractivity contribution is 7.89. The van der Waals surface area contributed by atoms with E-state index in [4.69, 9.17) is 9.63 Å². The Labute approximate surface area is 104 Å². The van der Waals surface area contributed by atoms with E-state index in [1.54, 1.807) is 13.8 Å². The molecule has 0 spiro atoms. The average molecular weight is 274 g/mol. The minimum Gasteiger partial charge on any atom is -0.481 e. The number of aromatic nitrogens is 1. The first-order chi connectivity index (χ1) is 8.32. The van der Waals surface area contributed by atoms with Gasteiger partial charge in [-0.25, -0.2) is 8.42 Å². The molecule has 8 heteroatoms. The van der Waals surface area contributed by atoms with Gasteiger partial charge in [0.1, 0.15) is 10.6 Å². The number of rotatable bonds is 4. The van der Waals surface area contributed by atoms with E-state index in [0.717, 1.165) is 0 Å². The van der Waals surface area contributed by atoms with E-state index in [0.29, 0.717) is 5.69 Å². The molecule has 1 aliphatic rings. The van der Waals surface area contributed by atoms with Crippen LogP contribution in [0.5, 0.6) is 0 Å². The standard InChI is InChI=1S/C10H14N2O5S/c1-6-10(7(2)17-11-6)18(15,16)12-4-8(5-12)3-9(13)14/h8H,3-5H2,1-2H3,(H,13,14). The lowest BCUT2D eigenvalue weighted by atomic mass is 10.00. The summed E-state index contributed by atoms with van der Waals surface area (Å²) in [7, 11) is -3.60. The summed E-state index contributed by atoms with van der Waals surface area (Å²) in [6, 6.07) is 0. The number of aryl methyl sites for hydroxylation is 2. The highest BCUT2D eigenvalue weighted by Gasteiger charge is 2.40. The van der Waals surface area contributed by atoms with Gasteiger partial charge < -0.3 is 9.63 Å². The third kappa shape index (κ3) is 2.13. The summed E-state index contributed by atoms with van der Waals surface area (Å²) in [5, 5.41) is 12.2. The second-order valence-electron chi connectivity index (χ2n) is 4.44. The third-order valence-corrected chi connectivity index (χ3v) is 5.03. The molecule has 0 radical (unpaired) electrons. The zero-order valence-electron chi connectivity index (χ0n) is 10.1. The molecule has 1 N–H and O–H groups in total. The normalized spacial score (nSPS) is 17.7. The zero-order chi connectivity index (χ0) is 13.5. The lowest BCUT2D eigenvalue weighted by molar-refractivity contribution is -0.139. The Morgan fingerprint density at radius 2 is 2.11 bits per heavy atom. The van der Waals surface area contributed by atoms with Gasteiger partial charge in [-0.05, 0) is 19.8 Å². The highest BCUT2D eigenvalue weighted by atomic mass is 32.2. The number of carboxylic acid groups (broad SMARTS) is 1. The molecule has 1 aromatic heterocycles. The van der Waals surface area contributed by atoms with Crippen LogP contribution in [0, 0.1) is 19.8 Å². The van der Waals surface area contributed by atoms with Crippen LogP contribution in [0.25, 0.3) is 0 Å². The van der Waals surface area contributed by atoms with Crippen LogP contribution < -0.4 is 0 Å². The van der Waals surface area contributed by atoms with E-state index in [1.165, 1.54) is 4.31 Å². The summed E-state index contributed by atoms with van der Waals surface area (Å²) >= 11 is 0. The largest absolute Gasteiger partial charge is 0.481 e. The summed E-state index contributed by atoms with van der Waals surface area (Å²) in [5.41, 5.74) is 0.328. The van der Waals surface area contributed by atoms with E-state index in [1.807, 2.05) is 0 Å². The number of sulfonamides is 1. The minimum atomic E-state index is -3.60. The van der Waals surface area contributed by atoms with Crippen LogP contribution in [0.2, 0.25) is 0 Å². The molecule has 2 heterocycles. The van der Waals surface area contributed by atoms with Gasteiger partial charge in [-0.3, -0.25) is 4.79 Å². The fourth-order valence-corrected chi connectivity index (χ4v) is 3.95. The molecule has 100 valence electrons. The average Bonchev–Trinajstić information content (AvgIpc) is 2.51. The number of hydrogen-bond acceptors (Lipinski definition) is 5. The number of carbonyl (C=O) groups is 1. The lowest BCUT2D eigenvalue weighted by Crippen LogP contribution is -2.50.